The highest BCUT2D eigenvalue weighted by Crippen LogP contribution is 2.18. The highest BCUT2D eigenvalue weighted by molar-refractivity contribution is 5.91. The molecule has 1 heterocycles. The zero-order valence-electron chi connectivity index (χ0n) is 12.7. The van der Waals surface area contributed by atoms with Crippen molar-refractivity contribution in [2.45, 2.75) is 19.8 Å². The van der Waals surface area contributed by atoms with Gasteiger partial charge in [-0.1, -0.05) is 12.1 Å². The normalized spacial score (nSPS) is 15.4. The monoisotopic (exact) mass is 308 g/mol. The van der Waals surface area contributed by atoms with Crippen LogP contribution in [-0.2, 0) is 14.3 Å². The average molecular weight is 308 g/mol. The number of carbonyl (C=O) groups excluding carboxylic acids is 2. The van der Waals surface area contributed by atoms with Crippen LogP contribution in [0.2, 0.25) is 0 Å². The number of anilines is 1. The maximum atomic E-state index is 13.8. The van der Waals surface area contributed by atoms with E-state index in [1.807, 2.05) is 0 Å². The molecule has 0 saturated carbocycles. The Bertz CT molecular complexity index is 530. The largest absolute Gasteiger partial charge is 0.381 e. The van der Waals surface area contributed by atoms with Crippen molar-refractivity contribution in [2.75, 3.05) is 31.2 Å². The standard InChI is InChI=1S/C16H21FN2O3/c1-12(20)19(15-5-3-2-4-14(15)17)9-8-18-16(21)13-6-10-22-11-7-13/h2-5,13H,6-11H2,1H3,(H,18,21). The summed E-state index contributed by atoms with van der Waals surface area (Å²) in [6.45, 7) is 3.13. The molecule has 1 saturated heterocycles. The van der Waals surface area contributed by atoms with E-state index < -0.39 is 5.82 Å². The number of nitrogens with zero attached hydrogens (tertiary/aromatic N) is 1. The molecule has 5 nitrogen and oxygen atoms in total. The lowest BCUT2D eigenvalue weighted by Crippen LogP contribution is -2.41. The topological polar surface area (TPSA) is 58.6 Å². The van der Waals surface area contributed by atoms with Crippen LogP contribution in [0.15, 0.2) is 24.3 Å². The summed E-state index contributed by atoms with van der Waals surface area (Å²) in [6.07, 6.45) is 1.44. The molecule has 0 aromatic heterocycles. The third kappa shape index (κ3) is 4.27. The minimum absolute atomic E-state index is 0.0275. The van der Waals surface area contributed by atoms with E-state index in [0.717, 1.165) is 12.8 Å². The van der Waals surface area contributed by atoms with Crippen molar-refractivity contribution >= 4 is 17.5 Å². The SMILES string of the molecule is CC(=O)N(CCNC(=O)C1CCOCC1)c1ccccc1F. The molecule has 1 aliphatic heterocycles. The summed E-state index contributed by atoms with van der Waals surface area (Å²) in [4.78, 5) is 25.0. The fourth-order valence-corrected chi connectivity index (χ4v) is 2.51. The highest BCUT2D eigenvalue weighted by Gasteiger charge is 2.22. The molecule has 0 spiro atoms. The Labute approximate surface area is 129 Å². The Morgan fingerprint density at radius 2 is 2.00 bits per heavy atom. The molecule has 1 N–H and O–H groups in total. The van der Waals surface area contributed by atoms with Crippen molar-refractivity contribution < 1.29 is 18.7 Å². The molecule has 1 aromatic rings. The van der Waals surface area contributed by atoms with Gasteiger partial charge in [0.2, 0.25) is 11.8 Å². The molecular formula is C16H21FN2O3. The van der Waals surface area contributed by atoms with E-state index in [2.05, 4.69) is 5.32 Å². The smallest absolute Gasteiger partial charge is 0.224 e. The second-order valence-corrected chi connectivity index (χ2v) is 5.30. The van der Waals surface area contributed by atoms with E-state index in [-0.39, 0.29) is 30.0 Å². The number of hydrogen-bond acceptors (Lipinski definition) is 3. The van der Waals surface area contributed by atoms with E-state index in [1.165, 1.54) is 17.9 Å². The van der Waals surface area contributed by atoms with Crippen molar-refractivity contribution in [3.8, 4) is 0 Å². The van der Waals surface area contributed by atoms with E-state index in [9.17, 15) is 14.0 Å². The summed E-state index contributed by atoms with van der Waals surface area (Å²) in [6, 6.07) is 6.11. The van der Waals surface area contributed by atoms with Crippen molar-refractivity contribution in [2.24, 2.45) is 5.92 Å². The quantitative estimate of drug-likeness (QED) is 0.901. The molecule has 1 fully saturated rings. The molecule has 1 aromatic carbocycles. The first kappa shape index (κ1) is 16.4. The lowest BCUT2D eigenvalue weighted by Gasteiger charge is -2.24. The molecule has 0 bridgehead atoms. The number of carbonyl (C=O) groups is 2. The Morgan fingerprint density at radius 1 is 1.32 bits per heavy atom. The van der Waals surface area contributed by atoms with Crippen LogP contribution in [0.3, 0.4) is 0 Å². The third-order valence-electron chi connectivity index (χ3n) is 3.75. The zero-order chi connectivity index (χ0) is 15.9. The van der Waals surface area contributed by atoms with Gasteiger partial charge in [-0.15, -0.1) is 0 Å². The van der Waals surface area contributed by atoms with Gasteiger partial charge in [-0.25, -0.2) is 4.39 Å². The summed E-state index contributed by atoms with van der Waals surface area (Å²) in [7, 11) is 0. The van der Waals surface area contributed by atoms with Gasteiger partial charge >= 0.3 is 0 Å². The summed E-state index contributed by atoms with van der Waals surface area (Å²) < 4.78 is 19.0. The first-order chi connectivity index (χ1) is 10.6. The van der Waals surface area contributed by atoms with Gasteiger partial charge in [0.1, 0.15) is 5.82 Å². The maximum Gasteiger partial charge on any atom is 0.224 e. The van der Waals surface area contributed by atoms with Gasteiger partial charge in [0, 0.05) is 39.1 Å². The highest BCUT2D eigenvalue weighted by atomic mass is 19.1. The number of hydrogen-bond donors (Lipinski definition) is 1. The average Bonchev–Trinajstić information content (AvgIpc) is 2.53. The second kappa shape index (κ2) is 7.89. The van der Waals surface area contributed by atoms with Crippen LogP contribution < -0.4 is 10.2 Å². The second-order valence-electron chi connectivity index (χ2n) is 5.30. The van der Waals surface area contributed by atoms with Gasteiger partial charge in [-0.2, -0.15) is 0 Å². The summed E-state index contributed by atoms with van der Waals surface area (Å²) >= 11 is 0. The van der Waals surface area contributed by atoms with Crippen molar-refractivity contribution in [3.05, 3.63) is 30.1 Å². The predicted molar refractivity (Wildman–Crippen MR) is 81.0 cm³/mol. The lowest BCUT2D eigenvalue weighted by molar-refractivity contribution is -0.127. The maximum absolute atomic E-state index is 13.8. The van der Waals surface area contributed by atoms with E-state index in [1.54, 1.807) is 18.2 Å². The van der Waals surface area contributed by atoms with Gasteiger partial charge in [-0.3, -0.25) is 9.59 Å². The van der Waals surface area contributed by atoms with Gasteiger partial charge in [0.05, 0.1) is 5.69 Å². The molecule has 0 radical (unpaired) electrons. The van der Waals surface area contributed by atoms with Crippen molar-refractivity contribution in [1.29, 1.82) is 0 Å². The van der Waals surface area contributed by atoms with E-state index in [0.29, 0.717) is 19.8 Å². The molecule has 2 rings (SSSR count). The van der Waals surface area contributed by atoms with Crippen LogP contribution in [0.1, 0.15) is 19.8 Å². The summed E-state index contributed by atoms with van der Waals surface area (Å²) in [5.41, 5.74) is 0.232. The van der Waals surface area contributed by atoms with Gasteiger partial charge in [0.25, 0.3) is 0 Å². The molecule has 0 aliphatic carbocycles. The number of nitrogens with one attached hydrogen (secondary N) is 1. The van der Waals surface area contributed by atoms with Crippen LogP contribution in [0.5, 0.6) is 0 Å². The van der Waals surface area contributed by atoms with E-state index in [4.69, 9.17) is 4.74 Å². The summed E-state index contributed by atoms with van der Waals surface area (Å²) in [5, 5.41) is 2.82. The van der Waals surface area contributed by atoms with Gasteiger partial charge < -0.3 is 15.0 Å². The number of halogens is 1. The fraction of sp³-hybridized carbons (Fsp3) is 0.500. The molecule has 6 heteroatoms. The lowest BCUT2D eigenvalue weighted by atomic mass is 9.99. The zero-order valence-corrected chi connectivity index (χ0v) is 12.7. The minimum atomic E-state index is -0.451. The van der Waals surface area contributed by atoms with Crippen molar-refractivity contribution in [3.63, 3.8) is 0 Å². The molecule has 120 valence electrons. The van der Waals surface area contributed by atoms with Crippen LogP contribution in [0.4, 0.5) is 10.1 Å². The predicted octanol–water partition coefficient (Wildman–Crippen LogP) is 1.72. The van der Waals surface area contributed by atoms with Crippen LogP contribution >= 0.6 is 0 Å². The first-order valence-electron chi connectivity index (χ1n) is 7.47. The number of benzene rings is 1. The first-order valence-corrected chi connectivity index (χ1v) is 7.47. The Morgan fingerprint density at radius 3 is 2.64 bits per heavy atom. The fourth-order valence-electron chi connectivity index (χ4n) is 2.51. The van der Waals surface area contributed by atoms with Gasteiger partial charge in [-0.05, 0) is 25.0 Å². The number of ether oxygens (including phenoxy) is 1. The number of amides is 2. The van der Waals surface area contributed by atoms with Crippen molar-refractivity contribution in [1.82, 2.24) is 5.32 Å². The van der Waals surface area contributed by atoms with E-state index >= 15 is 0 Å². The third-order valence-corrected chi connectivity index (χ3v) is 3.75. The van der Waals surface area contributed by atoms with Gasteiger partial charge in [0.15, 0.2) is 0 Å². The number of para-hydroxylation sites is 1. The van der Waals surface area contributed by atoms with Crippen LogP contribution in [-0.4, -0.2) is 38.1 Å². The molecular weight excluding hydrogens is 287 g/mol. The molecule has 0 atom stereocenters. The van der Waals surface area contributed by atoms with Crippen LogP contribution in [0, 0.1) is 11.7 Å². The molecule has 2 amide bonds. The van der Waals surface area contributed by atoms with Crippen LogP contribution in [0.25, 0.3) is 0 Å². The molecule has 22 heavy (non-hydrogen) atoms. The Kier molecular flexibility index (Phi) is 5.89. The molecule has 1 aliphatic rings. The minimum Gasteiger partial charge on any atom is -0.381 e. The number of rotatable bonds is 5. The summed E-state index contributed by atoms with van der Waals surface area (Å²) in [5.74, 6) is -0.771. The Balaban J connectivity index is 1.88. The Hall–Kier alpha value is -1.95. The molecule has 0 unspecified atom stereocenters.